The summed E-state index contributed by atoms with van der Waals surface area (Å²) >= 11 is 0. The molecule has 0 atom stereocenters. The molecule has 2 N–H and O–H groups in total. The number of pyridine rings is 2. The number of para-hydroxylation sites is 2. The first kappa shape index (κ1) is 26.9. The molecule has 0 saturated heterocycles. The van der Waals surface area contributed by atoms with Gasteiger partial charge in [-0.3, -0.25) is 19.2 Å². The third-order valence-corrected chi connectivity index (χ3v) is 7.96. The van der Waals surface area contributed by atoms with Crippen LogP contribution in [0.4, 0.5) is 0 Å². The lowest BCUT2D eigenvalue weighted by atomic mass is 10.0. The Labute approximate surface area is 249 Å². The molecule has 0 bridgehead atoms. The number of carboxylic acid groups (broad SMARTS) is 2. The highest BCUT2D eigenvalue weighted by Gasteiger charge is 2.18. The van der Waals surface area contributed by atoms with Gasteiger partial charge in [-0.25, -0.2) is 0 Å². The summed E-state index contributed by atoms with van der Waals surface area (Å²) < 4.78 is 3.85. The van der Waals surface area contributed by atoms with Gasteiger partial charge in [0.25, 0.3) is 0 Å². The second-order valence-corrected chi connectivity index (χ2v) is 10.7. The molecule has 0 aliphatic heterocycles. The Kier molecular flexibility index (Phi) is 6.32. The largest absolute Gasteiger partial charge is 0.481 e. The SMILES string of the molecule is O=C(O)Cc1ccc(-n2c3ccccc3c(=O)c3cc4c(cc32)c(=O)c2ccccc2n4-c2ccc(CC(=O)O)cc2)cc1. The van der Waals surface area contributed by atoms with E-state index in [1.165, 1.54) is 0 Å². The van der Waals surface area contributed by atoms with Crippen molar-refractivity contribution >= 4 is 55.6 Å². The molecule has 0 radical (unpaired) electrons. The molecule has 0 unspecified atom stereocenters. The molecule has 0 saturated carbocycles. The van der Waals surface area contributed by atoms with E-state index in [1.54, 1.807) is 60.7 Å². The zero-order valence-electron chi connectivity index (χ0n) is 23.2. The molecule has 0 fully saturated rings. The van der Waals surface area contributed by atoms with Crippen LogP contribution in [0.3, 0.4) is 0 Å². The van der Waals surface area contributed by atoms with E-state index in [0.717, 1.165) is 11.4 Å². The quantitative estimate of drug-likeness (QED) is 0.238. The standard InChI is InChI=1S/C36H24N2O6/c39-33(40)17-21-9-13-23(14-10-21)37-29-7-3-1-5-25(29)35(43)27-19-32-28(20-31(27)37)36(44)26-6-2-4-8-30(26)38(32)24-15-11-22(12-16-24)18-34(41)42/h1-16,19-20H,17-18H2,(H,39,40)(H,41,42). The Balaban J connectivity index is 1.59. The van der Waals surface area contributed by atoms with Crippen LogP contribution in [0.1, 0.15) is 11.1 Å². The summed E-state index contributed by atoms with van der Waals surface area (Å²) in [6.45, 7) is 0. The van der Waals surface area contributed by atoms with Crippen molar-refractivity contribution in [3.8, 4) is 11.4 Å². The normalized spacial score (nSPS) is 11.5. The summed E-state index contributed by atoms with van der Waals surface area (Å²) in [5, 5.41) is 20.3. The van der Waals surface area contributed by atoms with Gasteiger partial charge in [-0.15, -0.1) is 0 Å². The van der Waals surface area contributed by atoms with Gasteiger partial charge in [0.15, 0.2) is 10.9 Å². The van der Waals surface area contributed by atoms with Crippen LogP contribution >= 0.6 is 0 Å². The van der Waals surface area contributed by atoms with E-state index in [0.29, 0.717) is 54.7 Å². The van der Waals surface area contributed by atoms with E-state index in [1.807, 2.05) is 57.7 Å². The molecule has 2 aromatic heterocycles. The van der Waals surface area contributed by atoms with Gasteiger partial charge in [0.2, 0.25) is 0 Å². The van der Waals surface area contributed by atoms with Gasteiger partial charge in [-0.1, -0.05) is 48.5 Å². The number of rotatable bonds is 6. The molecular formula is C36H24N2O6. The average molecular weight is 581 g/mol. The maximum atomic E-state index is 14.0. The zero-order valence-corrected chi connectivity index (χ0v) is 23.2. The zero-order chi connectivity index (χ0) is 30.5. The van der Waals surface area contributed by atoms with Crippen LogP contribution in [0.2, 0.25) is 0 Å². The van der Waals surface area contributed by atoms with E-state index in [4.69, 9.17) is 0 Å². The third-order valence-electron chi connectivity index (χ3n) is 7.96. The fraction of sp³-hybridized carbons (Fsp3) is 0.0556. The number of hydrogen-bond acceptors (Lipinski definition) is 4. The van der Waals surface area contributed by atoms with Crippen molar-refractivity contribution in [2.75, 3.05) is 0 Å². The molecule has 8 heteroatoms. The van der Waals surface area contributed by atoms with Crippen LogP contribution in [0.15, 0.2) is 119 Å². The molecule has 7 aromatic rings. The third kappa shape index (κ3) is 4.40. The van der Waals surface area contributed by atoms with E-state index in [-0.39, 0.29) is 23.7 Å². The highest BCUT2D eigenvalue weighted by molar-refractivity contribution is 6.05. The summed E-state index contributed by atoms with van der Waals surface area (Å²) in [5.41, 5.74) is 4.77. The van der Waals surface area contributed by atoms with Gasteiger partial charge in [-0.2, -0.15) is 0 Å². The summed E-state index contributed by atoms with van der Waals surface area (Å²) in [5.74, 6) is -1.85. The van der Waals surface area contributed by atoms with Crippen molar-refractivity contribution in [3.05, 3.63) is 141 Å². The lowest BCUT2D eigenvalue weighted by Crippen LogP contribution is -2.14. The van der Waals surface area contributed by atoms with Gasteiger partial charge in [0, 0.05) is 32.9 Å². The fourth-order valence-corrected chi connectivity index (χ4v) is 6.01. The van der Waals surface area contributed by atoms with Crippen LogP contribution in [0.5, 0.6) is 0 Å². The number of benzene rings is 5. The van der Waals surface area contributed by atoms with Crippen LogP contribution in [-0.4, -0.2) is 31.3 Å². The minimum absolute atomic E-state index is 0.111. The molecule has 44 heavy (non-hydrogen) atoms. The smallest absolute Gasteiger partial charge is 0.307 e. The minimum Gasteiger partial charge on any atom is -0.481 e. The van der Waals surface area contributed by atoms with Crippen molar-refractivity contribution in [1.82, 2.24) is 9.13 Å². The lowest BCUT2D eigenvalue weighted by Gasteiger charge is -2.19. The molecule has 214 valence electrons. The summed E-state index contributed by atoms with van der Waals surface area (Å²) in [7, 11) is 0. The lowest BCUT2D eigenvalue weighted by molar-refractivity contribution is -0.137. The van der Waals surface area contributed by atoms with Crippen molar-refractivity contribution in [2.24, 2.45) is 0 Å². The summed E-state index contributed by atoms with van der Waals surface area (Å²) in [6, 6.07) is 32.3. The molecule has 8 nitrogen and oxygen atoms in total. The predicted octanol–water partition coefficient (Wildman–Crippen LogP) is 5.86. The van der Waals surface area contributed by atoms with E-state index in [9.17, 15) is 29.4 Å². The maximum absolute atomic E-state index is 14.0. The number of hydrogen-bond donors (Lipinski definition) is 2. The first-order chi connectivity index (χ1) is 21.3. The topological polar surface area (TPSA) is 119 Å². The van der Waals surface area contributed by atoms with Gasteiger partial charge in [-0.05, 0) is 71.8 Å². The Hall–Kier alpha value is -6.02. The second-order valence-electron chi connectivity index (χ2n) is 10.7. The predicted molar refractivity (Wildman–Crippen MR) is 170 cm³/mol. The van der Waals surface area contributed by atoms with Crippen LogP contribution < -0.4 is 10.9 Å². The molecule has 2 heterocycles. The van der Waals surface area contributed by atoms with Gasteiger partial charge >= 0.3 is 11.9 Å². The molecule has 0 aliphatic carbocycles. The molecular weight excluding hydrogens is 556 g/mol. The van der Waals surface area contributed by atoms with Crippen molar-refractivity contribution in [1.29, 1.82) is 0 Å². The molecule has 5 aromatic carbocycles. The average Bonchev–Trinajstić information content (AvgIpc) is 3.02. The number of nitrogens with zero attached hydrogens (tertiary/aromatic N) is 2. The number of carboxylic acids is 2. The highest BCUT2D eigenvalue weighted by Crippen LogP contribution is 2.30. The van der Waals surface area contributed by atoms with E-state index in [2.05, 4.69) is 0 Å². The number of aliphatic carboxylic acids is 2. The minimum atomic E-state index is -0.927. The molecule has 0 aliphatic rings. The van der Waals surface area contributed by atoms with Gasteiger partial charge in [0.05, 0.1) is 34.9 Å². The number of carbonyl (C=O) groups is 2. The Morgan fingerprint density at radius 1 is 0.477 bits per heavy atom. The van der Waals surface area contributed by atoms with Crippen molar-refractivity contribution in [3.63, 3.8) is 0 Å². The number of fused-ring (bicyclic) bond motifs is 4. The first-order valence-corrected chi connectivity index (χ1v) is 14.0. The Bertz CT molecular complexity index is 2250. The van der Waals surface area contributed by atoms with E-state index < -0.39 is 11.9 Å². The summed E-state index contributed by atoms with van der Waals surface area (Å²) in [6.07, 6.45) is -0.221. The molecule has 0 spiro atoms. The second kappa shape index (κ2) is 10.4. The fourth-order valence-electron chi connectivity index (χ4n) is 6.01. The van der Waals surface area contributed by atoms with Gasteiger partial charge < -0.3 is 19.3 Å². The maximum Gasteiger partial charge on any atom is 0.307 e. The van der Waals surface area contributed by atoms with Crippen LogP contribution in [0.25, 0.3) is 55.0 Å². The summed E-state index contributed by atoms with van der Waals surface area (Å²) in [4.78, 5) is 50.5. The Morgan fingerprint density at radius 2 is 0.841 bits per heavy atom. The molecule has 7 rings (SSSR count). The molecule has 0 amide bonds. The van der Waals surface area contributed by atoms with E-state index >= 15 is 0 Å². The Morgan fingerprint density at radius 3 is 1.20 bits per heavy atom. The first-order valence-electron chi connectivity index (χ1n) is 14.0. The van der Waals surface area contributed by atoms with Crippen molar-refractivity contribution < 1.29 is 19.8 Å². The monoisotopic (exact) mass is 580 g/mol. The van der Waals surface area contributed by atoms with Gasteiger partial charge in [0.1, 0.15) is 0 Å². The van der Waals surface area contributed by atoms with Crippen molar-refractivity contribution in [2.45, 2.75) is 12.8 Å². The highest BCUT2D eigenvalue weighted by atomic mass is 16.4. The number of aromatic nitrogens is 2. The van der Waals surface area contributed by atoms with Crippen LogP contribution in [0, 0.1) is 0 Å². The van der Waals surface area contributed by atoms with Crippen LogP contribution in [-0.2, 0) is 22.4 Å².